The van der Waals surface area contributed by atoms with E-state index in [9.17, 15) is 4.79 Å². The summed E-state index contributed by atoms with van der Waals surface area (Å²) in [5.41, 5.74) is 6.89. The Morgan fingerprint density at radius 3 is 2.57 bits per heavy atom. The molecular weight excluding hydrogens is 331 g/mol. The Kier molecular flexibility index (Phi) is 7.28. The molecule has 1 fully saturated rings. The number of carbonyl (C=O) groups excluding carboxylic acids is 1. The third-order valence-corrected chi connectivity index (χ3v) is 4.61. The average molecular weight is 352 g/mol. The molecule has 0 aliphatic heterocycles. The van der Waals surface area contributed by atoms with Crippen LogP contribution in [0, 0.1) is 5.92 Å². The van der Waals surface area contributed by atoms with Gasteiger partial charge in [0, 0.05) is 25.0 Å². The van der Waals surface area contributed by atoms with Crippen LogP contribution in [-0.4, -0.2) is 23.4 Å². The van der Waals surface area contributed by atoms with E-state index < -0.39 is 0 Å². The standard InChI is InChI=1S/C15H20Cl2N2O.ClH/c1-2-19(15(20)11-4-5-12(18)8-11)9-10-3-6-13(16)14(17)7-10;/h3,6-7,11-12H,2,4-5,8-9,18H2,1H3;1H. The van der Waals surface area contributed by atoms with Crippen molar-refractivity contribution in [1.29, 1.82) is 0 Å². The van der Waals surface area contributed by atoms with Gasteiger partial charge in [0.2, 0.25) is 5.91 Å². The largest absolute Gasteiger partial charge is 0.338 e. The van der Waals surface area contributed by atoms with Gasteiger partial charge >= 0.3 is 0 Å². The predicted octanol–water partition coefficient (Wildman–Crippen LogP) is 3.89. The average Bonchev–Trinajstić information content (AvgIpc) is 2.86. The van der Waals surface area contributed by atoms with Crippen LogP contribution in [0.3, 0.4) is 0 Å². The predicted molar refractivity (Wildman–Crippen MR) is 90.1 cm³/mol. The lowest BCUT2D eigenvalue weighted by Gasteiger charge is -2.24. The molecule has 1 amide bonds. The molecule has 2 N–H and O–H groups in total. The second-order valence-corrected chi connectivity index (χ2v) is 6.19. The van der Waals surface area contributed by atoms with Crippen molar-refractivity contribution in [2.24, 2.45) is 11.7 Å². The highest BCUT2D eigenvalue weighted by molar-refractivity contribution is 6.42. The minimum atomic E-state index is 0. The highest BCUT2D eigenvalue weighted by Gasteiger charge is 2.30. The first-order valence-corrected chi connectivity index (χ1v) is 7.75. The van der Waals surface area contributed by atoms with Crippen LogP contribution in [-0.2, 0) is 11.3 Å². The van der Waals surface area contributed by atoms with Gasteiger partial charge in [0.05, 0.1) is 10.0 Å². The smallest absolute Gasteiger partial charge is 0.226 e. The molecular formula is C15H21Cl3N2O. The molecule has 1 aromatic carbocycles. The van der Waals surface area contributed by atoms with Crippen LogP contribution in [0.25, 0.3) is 0 Å². The van der Waals surface area contributed by atoms with Gasteiger partial charge in [-0.05, 0) is 43.9 Å². The maximum absolute atomic E-state index is 12.5. The molecule has 1 aromatic rings. The number of amides is 1. The molecule has 1 saturated carbocycles. The van der Waals surface area contributed by atoms with Crippen LogP contribution in [0.4, 0.5) is 0 Å². The first-order valence-electron chi connectivity index (χ1n) is 6.99. The van der Waals surface area contributed by atoms with Gasteiger partial charge in [-0.15, -0.1) is 12.4 Å². The van der Waals surface area contributed by atoms with Crippen LogP contribution in [0.2, 0.25) is 10.0 Å². The van der Waals surface area contributed by atoms with Gasteiger partial charge in [0.25, 0.3) is 0 Å². The summed E-state index contributed by atoms with van der Waals surface area (Å²) < 4.78 is 0. The second kappa shape index (κ2) is 8.23. The fourth-order valence-electron chi connectivity index (χ4n) is 2.70. The Hall–Kier alpha value is -0.480. The Balaban J connectivity index is 0.00000220. The third-order valence-electron chi connectivity index (χ3n) is 3.87. The minimum absolute atomic E-state index is 0. The molecule has 1 aliphatic rings. The lowest BCUT2D eigenvalue weighted by atomic mass is 10.1. The molecule has 0 bridgehead atoms. The summed E-state index contributed by atoms with van der Waals surface area (Å²) in [6.07, 6.45) is 2.65. The molecule has 3 nitrogen and oxygen atoms in total. The molecule has 118 valence electrons. The van der Waals surface area contributed by atoms with Crippen LogP contribution < -0.4 is 5.73 Å². The zero-order valence-electron chi connectivity index (χ0n) is 12.0. The number of carbonyl (C=O) groups is 1. The van der Waals surface area contributed by atoms with Crippen LogP contribution in [0.5, 0.6) is 0 Å². The molecule has 6 heteroatoms. The van der Waals surface area contributed by atoms with Crippen molar-refractivity contribution in [3.05, 3.63) is 33.8 Å². The molecule has 0 heterocycles. The number of nitrogens with zero attached hydrogens (tertiary/aromatic N) is 1. The topological polar surface area (TPSA) is 46.3 Å². The van der Waals surface area contributed by atoms with Crippen molar-refractivity contribution < 1.29 is 4.79 Å². The van der Waals surface area contributed by atoms with Crippen molar-refractivity contribution >= 4 is 41.5 Å². The van der Waals surface area contributed by atoms with Crippen molar-refractivity contribution in [3.8, 4) is 0 Å². The Morgan fingerprint density at radius 2 is 2.05 bits per heavy atom. The third kappa shape index (κ3) is 4.75. The molecule has 0 radical (unpaired) electrons. The highest BCUT2D eigenvalue weighted by atomic mass is 35.5. The van der Waals surface area contributed by atoms with E-state index in [0.717, 1.165) is 24.8 Å². The van der Waals surface area contributed by atoms with Crippen LogP contribution >= 0.6 is 35.6 Å². The summed E-state index contributed by atoms with van der Waals surface area (Å²) in [5.74, 6) is 0.277. The van der Waals surface area contributed by atoms with Gasteiger partial charge in [0.15, 0.2) is 0 Å². The summed E-state index contributed by atoms with van der Waals surface area (Å²) in [5, 5.41) is 1.06. The molecule has 21 heavy (non-hydrogen) atoms. The minimum Gasteiger partial charge on any atom is -0.338 e. The molecule has 2 unspecified atom stereocenters. The molecule has 1 aliphatic carbocycles. The van der Waals surface area contributed by atoms with E-state index in [1.807, 2.05) is 24.0 Å². The zero-order valence-corrected chi connectivity index (χ0v) is 14.3. The molecule has 0 aromatic heterocycles. The van der Waals surface area contributed by atoms with Crippen LogP contribution in [0.15, 0.2) is 18.2 Å². The maximum Gasteiger partial charge on any atom is 0.226 e. The van der Waals surface area contributed by atoms with E-state index in [0.29, 0.717) is 23.1 Å². The summed E-state index contributed by atoms with van der Waals surface area (Å²) in [6, 6.07) is 5.67. The summed E-state index contributed by atoms with van der Waals surface area (Å²) in [7, 11) is 0. The number of nitrogens with two attached hydrogens (primary N) is 1. The van der Waals surface area contributed by atoms with Gasteiger partial charge in [-0.1, -0.05) is 29.3 Å². The summed E-state index contributed by atoms with van der Waals surface area (Å²) in [6.45, 7) is 3.24. The van der Waals surface area contributed by atoms with Crippen molar-refractivity contribution in [1.82, 2.24) is 4.90 Å². The van der Waals surface area contributed by atoms with Crippen LogP contribution in [0.1, 0.15) is 31.7 Å². The maximum atomic E-state index is 12.5. The highest BCUT2D eigenvalue weighted by Crippen LogP contribution is 2.27. The Morgan fingerprint density at radius 1 is 1.33 bits per heavy atom. The second-order valence-electron chi connectivity index (χ2n) is 5.37. The lowest BCUT2D eigenvalue weighted by Crippen LogP contribution is -2.35. The van der Waals surface area contributed by atoms with E-state index in [-0.39, 0.29) is 30.3 Å². The number of rotatable bonds is 4. The van der Waals surface area contributed by atoms with E-state index in [2.05, 4.69) is 0 Å². The first-order chi connectivity index (χ1) is 9.51. The number of hydrogen-bond acceptors (Lipinski definition) is 2. The van der Waals surface area contributed by atoms with Crippen molar-refractivity contribution in [2.45, 2.75) is 38.8 Å². The molecule has 0 saturated heterocycles. The van der Waals surface area contributed by atoms with Gasteiger partial charge in [-0.25, -0.2) is 0 Å². The normalized spacial score (nSPS) is 21.0. The van der Waals surface area contributed by atoms with E-state index in [1.165, 1.54) is 0 Å². The van der Waals surface area contributed by atoms with E-state index in [1.54, 1.807) is 6.07 Å². The molecule has 2 atom stereocenters. The summed E-state index contributed by atoms with van der Waals surface area (Å²) >= 11 is 11.9. The van der Waals surface area contributed by atoms with Gasteiger partial charge in [0.1, 0.15) is 0 Å². The Labute approximate surface area is 142 Å². The quantitative estimate of drug-likeness (QED) is 0.894. The number of hydrogen-bond donors (Lipinski definition) is 1. The lowest BCUT2D eigenvalue weighted by molar-refractivity contribution is -0.135. The zero-order chi connectivity index (χ0) is 14.7. The van der Waals surface area contributed by atoms with Crippen molar-refractivity contribution in [2.75, 3.05) is 6.54 Å². The van der Waals surface area contributed by atoms with E-state index >= 15 is 0 Å². The molecule has 0 spiro atoms. The van der Waals surface area contributed by atoms with E-state index in [4.69, 9.17) is 28.9 Å². The van der Waals surface area contributed by atoms with Gasteiger partial charge < -0.3 is 10.6 Å². The first kappa shape index (κ1) is 18.6. The molecule has 2 rings (SSSR count). The Bertz CT molecular complexity index is 496. The summed E-state index contributed by atoms with van der Waals surface area (Å²) in [4.78, 5) is 14.4. The SMILES string of the molecule is CCN(Cc1ccc(Cl)c(Cl)c1)C(=O)C1CCC(N)C1.Cl. The number of benzene rings is 1. The number of halogens is 3. The van der Waals surface area contributed by atoms with Crippen molar-refractivity contribution in [3.63, 3.8) is 0 Å². The van der Waals surface area contributed by atoms with Gasteiger partial charge in [-0.2, -0.15) is 0 Å². The fraction of sp³-hybridized carbons (Fsp3) is 0.533. The fourth-order valence-corrected chi connectivity index (χ4v) is 3.02. The monoisotopic (exact) mass is 350 g/mol. The van der Waals surface area contributed by atoms with Gasteiger partial charge in [-0.3, -0.25) is 4.79 Å².